The van der Waals surface area contributed by atoms with Crippen molar-refractivity contribution in [1.29, 1.82) is 0 Å². The summed E-state index contributed by atoms with van der Waals surface area (Å²) in [6.45, 7) is 0. The quantitative estimate of drug-likeness (QED) is 0.517. The van der Waals surface area contributed by atoms with E-state index in [-0.39, 0.29) is 10.1 Å². The molecule has 1 rings (SSSR count). The van der Waals surface area contributed by atoms with Crippen molar-refractivity contribution in [2.75, 3.05) is 5.32 Å². The standard InChI is InChI=1S/C7H6FNS2/c8-5-3-1-2-4-6(5)9-7(10)11/h1-4H,(H2,9,10,11). The number of nitrogens with one attached hydrogen (secondary N) is 1. The van der Waals surface area contributed by atoms with E-state index in [4.69, 9.17) is 0 Å². The number of hydrogen-bond donors (Lipinski definition) is 2. The summed E-state index contributed by atoms with van der Waals surface area (Å²) in [6.07, 6.45) is 0. The van der Waals surface area contributed by atoms with E-state index in [1.54, 1.807) is 18.2 Å². The highest BCUT2D eigenvalue weighted by atomic mass is 32.1. The lowest BCUT2D eigenvalue weighted by Gasteiger charge is -2.02. The molecule has 58 valence electrons. The molecule has 11 heavy (non-hydrogen) atoms. The molecule has 0 aliphatic rings. The summed E-state index contributed by atoms with van der Waals surface area (Å²) in [5.41, 5.74) is 0.354. The SMILES string of the molecule is Fc1ccccc1NC(=S)S. The molecule has 1 N–H and O–H groups in total. The molecule has 0 bridgehead atoms. The fourth-order valence-corrected chi connectivity index (χ4v) is 0.908. The fraction of sp³-hybridized carbons (Fsp3) is 0. The highest BCUT2D eigenvalue weighted by Gasteiger charge is 1.98. The topological polar surface area (TPSA) is 12.0 Å². The van der Waals surface area contributed by atoms with Crippen molar-refractivity contribution in [3.8, 4) is 0 Å². The average Bonchev–Trinajstić information content (AvgIpc) is 1.93. The number of halogens is 1. The van der Waals surface area contributed by atoms with Gasteiger partial charge in [0.25, 0.3) is 0 Å². The Hall–Kier alpha value is -0.610. The Balaban J connectivity index is 2.86. The van der Waals surface area contributed by atoms with Crippen molar-refractivity contribution in [3.05, 3.63) is 30.1 Å². The van der Waals surface area contributed by atoms with Crippen molar-refractivity contribution in [3.63, 3.8) is 0 Å². The van der Waals surface area contributed by atoms with Gasteiger partial charge in [0, 0.05) is 0 Å². The van der Waals surface area contributed by atoms with E-state index in [1.807, 2.05) is 0 Å². The molecule has 1 aromatic carbocycles. The second-order valence-corrected chi connectivity index (χ2v) is 3.07. The number of thiol groups is 1. The minimum atomic E-state index is -0.330. The van der Waals surface area contributed by atoms with E-state index in [0.29, 0.717) is 5.69 Å². The van der Waals surface area contributed by atoms with Gasteiger partial charge in [0.05, 0.1) is 5.69 Å². The van der Waals surface area contributed by atoms with Crippen molar-refractivity contribution in [2.24, 2.45) is 0 Å². The number of thiocarbonyl (C=S) groups is 1. The predicted molar refractivity (Wildman–Crippen MR) is 51.6 cm³/mol. The predicted octanol–water partition coefficient (Wildman–Crippen LogP) is 2.45. The van der Waals surface area contributed by atoms with Gasteiger partial charge >= 0.3 is 0 Å². The Labute approximate surface area is 75.0 Å². The van der Waals surface area contributed by atoms with Crippen molar-refractivity contribution < 1.29 is 4.39 Å². The molecule has 0 aliphatic heterocycles. The largest absolute Gasteiger partial charge is 0.339 e. The summed E-state index contributed by atoms with van der Waals surface area (Å²) in [5, 5.41) is 2.59. The van der Waals surface area contributed by atoms with Crippen LogP contribution in [0, 0.1) is 5.82 Å². The van der Waals surface area contributed by atoms with Gasteiger partial charge in [-0.15, -0.1) is 12.6 Å². The van der Waals surface area contributed by atoms with Gasteiger partial charge in [-0.2, -0.15) is 0 Å². The first-order valence-corrected chi connectivity index (χ1v) is 3.80. The van der Waals surface area contributed by atoms with Crippen LogP contribution in [0.4, 0.5) is 10.1 Å². The molecule has 0 unspecified atom stereocenters. The van der Waals surface area contributed by atoms with Crippen LogP contribution in [0.3, 0.4) is 0 Å². The molecule has 0 saturated carbocycles. The molecule has 0 aliphatic carbocycles. The van der Waals surface area contributed by atoms with Crippen LogP contribution in [-0.4, -0.2) is 4.32 Å². The summed E-state index contributed by atoms with van der Waals surface area (Å²) in [7, 11) is 0. The van der Waals surface area contributed by atoms with E-state index in [0.717, 1.165) is 0 Å². The van der Waals surface area contributed by atoms with Crippen LogP contribution in [0.25, 0.3) is 0 Å². The lowest BCUT2D eigenvalue weighted by molar-refractivity contribution is 0.632. The Morgan fingerprint density at radius 1 is 1.45 bits per heavy atom. The maximum absolute atomic E-state index is 12.8. The third-order valence-electron chi connectivity index (χ3n) is 1.12. The fourth-order valence-electron chi connectivity index (χ4n) is 0.678. The highest BCUT2D eigenvalue weighted by molar-refractivity contribution is 8.11. The Kier molecular flexibility index (Phi) is 2.84. The van der Waals surface area contributed by atoms with Crippen LogP contribution in [0.5, 0.6) is 0 Å². The zero-order valence-corrected chi connectivity index (χ0v) is 7.25. The van der Waals surface area contributed by atoms with Crippen LogP contribution < -0.4 is 5.32 Å². The molecule has 4 heteroatoms. The van der Waals surface area contributed by atoms with Crippen molar-refractivity contribution >= 4 is 34.9 Å². The molecule has 0 heterocycles. The van der Waals surface area contributed by atoms with Gasteiger partial charge < -0.3 is 5.32 Å². The summed E-state index contributed by atoms with van der Waals surface area (Å²) in [4.78, 5) is 0. The first-order valence-electron chi connectivity index (χ1n) is 2.94. The molecule has 0 fully saturated rings. The molecule has 0 amide bonds. The second-order valence-electron chi connectivity index (χ2n) is 1.91. The number of benzene rings is 1. The highest BCUT2D eigenvalue weighted by Crippen LogP contribution is 2.12. The molecule has 0 aromatic heterocycles. The first-order chi connectivity index (χ1) is 5.20. The summed E-state index contributed by atoms with van der Waals surface area (Å²) >= 11 is 8.43. The first kappa shape index (κ1) is 8.49. The van der Waals surface area contributed by atoms with Gasteiger partial charge in [0.15, 0.2) is 0 Å². The van der Waals surface area contributed by atoms with Crippen LogP contribution in [-0.2, 0) is 0 Å². The third kappa shape index (κ3) is 2.48. The van der Waals surface area contributed by atoms with Crippen molar-refractivity contribution in [1.82, 2.24) is 0 Å². The molecular formula is C7H6FNS2. The van der Waals surface area contributed by atoms with Crippen LogP contribution >= 0.6 is 24.8 Å². The molecular weight excluding hydrogens is 181 g/mol. The van der Waals surface area contributed by atoms with Crippen LogP contribution in [0.15, 0.2) is 24.3 Å². The van der Waals surface area contributed by atoms with E-state index in [1.165, 1.54) is 6.07 Å². The third-order valence-corrected chi connectivity index (χ3v) is 1.33. The summed E-state index contributed by atoms with van der Waals surface area (Å²) in [5.74, 6) is -0.330. The van der Waals surface area contributed by atoms with E-state index >= 15 is 0 Å². The summed E-state index contributed by atoms with van der Waals surface area (Å²) in [6, 6.07) is 6.28. The maximum Gasteiger partial charge on any atom is 0.146 e. The number of rotatable bonds is 1. The minimum Gasteiger partial charge on any atom is -0.339 e. The number of anilines is 1. The Bertz CT molecular complexity index is 275. The second kappa shape index (κ2) is 3.69. The molecule has 0 spiro atoms. The molecule has 1 nitrogen and oxygen atoms in total. The molecule has 0 saturated heterocycles. The van der Waals surface area contributed by atoms with Gasteiger partial charge in [-0.25, -0.2) is 4.39 Å². The lowest BCUT2D eigenvalue weighted by Crippen LogP contribution is -2.02. The van der Waals surface area contributed by atoms with E-state index in [9.17, 15) is 4.39 Å². The maximum atomic E-state index is 12.8. The van der Waals surface area contributed by atoms with Crippen LogP contribution in [0.1, 0.15) is 0 Å². The average molecular weight is 187 g/mol. The van der Waals surface area contributed by atoms with Gasteiger partial charge in [-0.1, -0.05) is 24.4 Å². The minimum absolute atomic E-state index is 0.259. The Morgan fingerprint density at radius 3 is 2.64 bits per heavy atom. The zero-order valence-electron chi connectivity index (χ0n) is 5.54. The zero-order chi connectivity index (χ0) is 8.27. The number of para-hydroxylation sites is 1. The lowest BCUT2D eigenvalue weighted by atomic mass is 10.3. The molecule has 1 aromatic rings. The monoisotopic (exact) mass is 187 g/mol. The van der Waals surface area contributed by atoms with Gasteiger partial charge in [0.1, 0.15) is 10.1 Å². The normalized spacial score (nSPS) is 9.27. The van der Waals surface area contributed by atoms with Gasteiger partial charge in [-0.3, -0.25) is 0 Å². The Morgan fingerprint density at radius 2 is 2.09 bits per heavy atom. The number of hydrogen-bond acceptors (Lipinski definition) is 1. The van der Waals surface area contributed by atoms with E-state index in [2.05, 4.69) is 30.2 Å². The van der Waals surface area contributed by atoms with E-state index < -0.39 is 0 Å². The summed E-state index contributed by atoms with van der Waals surface area (Å²) < 4.78 is 13.1. The smallest absolute Gasteiger partial charge is 0.146 e. The van der Waals surface area contributed by atoms with Crippen molar-refractivity contribution in [2.45, 2.75) is 0 Å². The molecule has 0 atom stereocenters. The van der Waals surface area contributed by atoms with Crippen LogP contribution in [0.2, 0.25) is 0 Å². The molecule has 0 radical (unpaired) electrons. The van der Waals surface area contributed by atoms with Gasteiger partial charge in [0.2, 0.25) is 0 Å². The van der Waals surface area contributed by atoms with Gasteiger partial charge in [-0.05, 0) is 12.1 Å².